The van der Waals surface area contributed by atoms with Crippen molar-refractivity contribution in [2.24, 2.45) is 5.41 Å². The number of carbonyl (C=O) groups excluding carboxylic acids is 3. The third-order valence-corrected chi connectivity index (χ3v) is 6.63. The van der Waals surface area contributed by atoms with Gasteiger partial charge in [-0.2, -0.15) is 13.2 Å². The molecule has 0 radical (unpaired) electrons. The number of allylic oxidation sites excluding steroid dienone is 1. The van der Waals surface area contributed by atoms with Gasteiger partial charge in [0.1, 0.15) is 0 Å². The lowest BCUT2D eigenvalue weighted by Gasteiger charge is -2.35. The maximum Gasteiger partial charge on any atom is 0.425 e. The van der Waals surface area contributed by atoms with Gasteiger partial charge in [-0.3, -0.25) is 14.4 Å². The van der Waals surface area contributed by atoms with Crippen LogP contribution >= 0.6 is 11.6 Å². The highest BCUT2D eigenvalue weighted by Gasteiger charge is 2.71. The highest BCUT2D eigenvalue weighted by molar-refractivity contribution is 6.31. The van der Waals surface area contributed by atoms with Crippen molar-refractivity contribution in [2.45, 2.75) is 44.8 Å². The second-order valence-corrected chi connectivity index (χ2v) is 10.1. The number of ketones is 1. The Kier molecular flexibility index (Phi) is 6.30. The first-order chi connectivity index (χ1) is 16.4. The molecule has 4 rings (SSSR count). The monoisotopic (exact) mass is 504 g/mol. The first kappa shape index (κ1) is 25.0. The molecule has 1 heterocycles. The SMILES string of the molecule is CC1(C)CC(=O)C2=C(C1)N(CCc1ccccc1)C(=O)C2(NC(=O)c1cccc(Cl)c1)C(F)(F)F. The van der Waals surface area contributed by atoms with Crippen LogP contribution in [0.1, 0.15) is 42.6 Å². The number of nitrogens with zero attached hydrogens (tertiary/aromatic N) is 1. The molecular formula is C26H24ClF3N2O3. The van der Waals surface area contributed by atoms with Crippen LogP contribution in [-0.4, -0.2) is 40.8 Å². The molecular weight excluding hydrogens is 481 g/mol. The molecule has 1 unspecified atom stereocenters. The summed E-state index contributed by atoms with van der Waals surface area (Å²) in [5, 5.41) is 2.07. The minimum atomic E-state index is -5.25. The van der Waals surface area contributed by atoms with Gasteiger partial charge in [0.15, 0.2) is 5.78 Å². The molecule has 35 heavy (non-hydrogen) atoms. The molecule has 1 aliphatic carbocycles. The number of benzene rings is 2. The zero-order chi connectivity index (χ0) is 25.6. The van der Waals surface area contributed by atoms with E-state index in [1.54, 1.807) is 26.0 Å². The van der Waals surface area contributed by atoms with Gasteiger partial charge in [-0.1, -0.05) is 61.8 Å². The van der Waals surface area contributed by atoms with Crippen LogP contribution < -0.4 is 5.32 Å². The van der Waals surface area contributed by atoms with E-state index in [4.69, 9.17) is 11.6 Å². The summed E-state index contributed by atoms with van der Waals surface area (Å²) in [5.74, 6) is -3.31. The van der Waals surface area contributed by atoms with Gasteiger partial charge in [0.05, 0.1) is 5.57 Å². The summed E-state index contributed by atoms with van der Waals surface area (Å²) in [6.45, 7) is 3.48. The van der Waals surface area contributed by atoms with Gasteiger partial charge in [0, 0.05) is 29.2 Å². The fourth-order valence-corrected chi connectivity index (χ4v) is 5.01. The van der Waals surface area contributed by atoms with Crippen molar-refractivity contribution in [1.82, 2.24) is 10.2 Å². The molecule has 2 amide bonds. The van der Waals surface area contributed by atoms with E-state index in [2.05, 4.69) is 0 Å². The van der Waals surface area contributed by atoms with Crippen LogP contribution in [0.4, 0.5) is 13.2 Å². The quantitative estimate of drug-likeness (QED) is 0.616. The largest absolute Gasteiger partial charge is 0.425 e. The van der Waals surface area contributed by atoms with Gasteiger partial charge in [0.2, 0.25) is 5.54 Å². The van der Waals surface area contributed by atoms with Crippen molar-refractivity contribution in [3.63, 3.8) is 0 Å². The van der Waals surface area contributed by atoms with Crippen molar-refractivity contribution in [2.75, 3.05) is 6.54 Å². The number of halogens is 4. The van der Waals surface area contributed by atoms with Crippen LogP contribution in [0, 0.1) is 5.41 Å². The Labute approximate surface area is 205 Å². The van der Waals surface area contributed by atoms with Crippen molar-refractivity contribution in [3.05, 3.63) is 82.0 Å². The Morgan fingerprint density at radius 3 is 2.37 bits per heavy atom. The second-order valence-electron chi connectivity index (χ2n) is 9.67. The molecule has 0 saturated heterocycles. The topological polar surface area (TPSA) is 66.5 Å². The summed E-state index contributed by atoms with van der Waals surface area (Å²) in [5.41, 5.74) is -4.08. The van der Waals surface area contributed by atoms with Crippen LogP contribution in [0.3, 0.4) is 0 Å². The molecule has 0 bridgehead atoms. The first-order valence-corrected chi connectivity index (χ1v) is 11.5. The second kappa shape index (κ2) is 8.82. The lowest BCUT2D eigenvalue weighted by atomic mass is 9.72. The zero-order valence-electron chi connectivity index (χ0n) is 19.2. The third-order valence-electron chi connectivity index (χ3n) is 6.40. The maximum absolute atomic E-state index is 14.8. The zero-order valence-corrected chi connectivity index (χ0v) is 20.0. The Morgan fingerprint density at radius 2 is 1.74 bits per heavy atom. The summed E-state index contributed by atoms with van der Waals surface area (Å²) >= 11 is 5.91. The normalized spacial score (nSPS) is 21.8. The van der Waals surface area contributed by atoms with Gasteiger partial charge < -0.3 is 10.2 Å². The van der Waals surface area contributed by atoms with Gasteiger partial charge in [0.25, 0.3) is 11.8 Å². The Hall–Kier alpha value is -3.13. The number of carbonyl (C=O) groups is 3. The number of Topliss-reactive ketones (excluding diaryl/α,β-unsaturated/α-hetero) is 1. The molecule has 0 spiro atoms. The number of amides is 2. The van der Waals surface area contributed by atoms with Gasteiger partial charge in [-0.25, -0.2) is 0 Å². The smallest absolute Gasteiger partial charge is 0.326 e. The first-order valence-electron chi connectivity index (χ1n) is 11.1. The van der Waals surface area contributed by atoms with Gasteiger partial charge in [-0.15, -0.1) is 0 Å². The van der Waals surface area contributed by atoms with E-state index in [-0.39, 0.29) is 42.1 Å². The van der Waals surface area contributed by atoms with Gasteiger partial charge in [-0.05, 0) is 42.0 Å². The minimum Gasteiger partial charge on any atom is -0.326 e. The Balaban J connectivity index is 1.81. The molecule has 0 saturated carbocycles. The number of hydrogen-bond donors (Lipinski definition) is 1. The number of hydrogen-bond acceptors (Lipinski definition) is 3. The fraction of sp³-hybridized carbons (Fsp3) is 0.346. The number of rotatable bonds is 5. The van der Waals surface area contributed by atoms with Crippen LogP contribution in [-0.2, 0) is 16.0 Å². The highest BCUT2D eigenvalue weighted by Crippen LogP contribution is 2.51. The van der Waals surface area contributed by atoms with E-state index < -0.39 is 40.3 Å². The van der Waals surface area contributed by atoms with E-state index in [1.807, 2.05) is 23.5 Å². The van der Waals surface area contributed by atoms with Crippen LogP contribution in [0.2, 0.25) is 5.02 Å². The molecule has 1 aliphatic heterocycles. The van der Waals surface area contributed by atoms with E-state index >= 15 is 0 Å². The maximum atomic E-state index is 14.8. The summed E-state index contributed by atoms with van der Waals surface area (Å²) in [7, 11) is 0. The molecule has 2 aliphatic rings. The van der Waals surface area contributed by atoms with Crippen LogP contribution in [0.5, 0.6) is 0 Å². The van der Waals surface area contributed by atoms with E-state index in [9.17, 15) is 27.6 Å². The predicted molar refractivity (Wildman–Crippen MR) is 125 cm³/mol. The Morgan fingerprint density at radius 1 is 1.06 bits per heavy atom. The fourth-order valence-electron chi connectivity index (χ4n) is 4.82. The summed E-state index contributed by atoms with van der Waals surface area (Å²) in [4.78, 5) is 40.8. The minimum absolute atomic E-state index is 0.0240. The average molecular weight is 505 g/mol. The van der Waals surface area contributed by atoms with Crippen molar-refractivity contribution in [3.8, 4) is 0 Å². The molecule has 2 aromatic carbocycles. The van der Waals surface area contributed by atoms with Crippen molar-refractivity contribution >= 4 is 29.2 Å². The molecule has 0 aromatic heterocycles. The summed E-state index contributed by atoms with van der Waals surface area (Å²) in [6.07, 6.45) is -5.04. The standard InChI is InChI=1S/C26H24ClF3N2O3/c1-24(2)14-19-21(20(33)15-24)25(26(28,29)30,31-22(34)17-9-6-10-18(27)13-17)23(35)32(19)12-11-16-7-4-3-5-8-16/h3-10,13H,11-12,14-15H2,1-2H3,(H,31,34). The lowest BCUT2D eigenvalue weighted by molar-refractivity contribution is -0.190. The number of alkyl halides is 3. The Bertz CT molecular complexity index is 1220. The lowest BCUT2D eigenvalue weighted by Crippen LogP contribution is -2.66. The average Bonchev–Trinajstić information content (AvgIpc) is 3.00. The molecule has 1 atom stereocenters. The molecule has 9 heteroatoms. The molecule has 184 valence electrons. The van der Waals surface area contributed by atoms with Crippen LogP contribution in [0.25, 0.3) is 0 Å². The van der Waals surface area contributed by atoms with E-state index in [0.717, 1.165) is 10.5 Å². The highest BCUT2D eigenvalue weighted by atomic mass is 35.5. The summed E-state index contributed by atoms with van der Waals surface area (Å²) in [6, 6.07) is 14.4. The molecule has 0 fully saturated rings. The van der Waals surface area contributed by atoms with Crippen molar-refractivity contribution < 1.29 is 27.6 Å². The van der Waals surface area contributed by atoms with E-state index in [0.29, 0.717) is 0 Å². The summed E-state index contributed by atoms with van der Waals surface area (Å²) < 4.78 is 44.5. The third kappa shape index (κ3) is 4.47. The number of nitrogens with one attached hydrogen (secondary N) is 1. The predicted octanol–water partition coefficient (Wildman–Crippen LogP) is 5.10. The van der Waals surface area contributed by atoms with E-state index in [1.165, 1.54) is 24.3 Å². The van der Waals surface area contributed by atoms with Gasteiger partial charge >= 0.3 is 6.18 Å². The van der Waals surface area contributed by atoms with Crippen LogP contribution in [0.15, 0.2) is 65.9 Å². The molecule has 1 N–H and O–H groups in total. The molecule has 5 nitrogen and oxygen atoms in total. The van der Waals surface area contributed by atoms with Crippen molar-refractivity contribution in [1.29, 1.82) is 0 Å². The molecule has 2 aromatic rings.